The molecule has 1 fully saturated rings. The van der Waals surface area contributed by atoms with Crippen LogP contribution in [-0.2, 0) is 11.2 Å². The van der Waals surface area contributed by atoms with Gasteiger partial charge in [0.15, 0.2) is 0 Å². The van der Waals surface area contributed by atoms with Crippen molar-refractivity contribution in [2.75, 3.05) is 12.3 Å². The number of ether oxygens (including phenoxy) is 1. The van der Waals surface area contributed by atoms with Gasteiger partial charge in [-0.1, -0.05) is 24.3 Å². The number of aromatic nitrogens is 3. The minimum Gasteiger partial charge on any atom is -0.382 e. The SMILES string of the molecule is C[C@H]1CN(C(=O)c2cc3c(cc2F)nc(N)c2cncn23)[C@H]2c3ccccc3C[C@H]2O1. The first-order valence-electron chi connectivity index (χ1n) is 10.3. The molecule has 7 nitrogen and oxygen atoms in total. The number of fused-ring (bicyclic) bond motifs is 6. The molecule has 1 saturated heterocycles. The van der Waals surface area contributed by atoms with E-state index in [4.69, 9.17) is 10.5 Å². The predicted molar refractivity (Wildman–Crippen MR) is 113 cm³/mol. The maximum Gasteiger partial charge on any atom is 0.257 e. The predicted octanol–water partition coefficient (Wildman–Crippen LogP) is 3.13. The van der Waals surface area contributed by atoms with E-state index in [2.05, 4.69) is 16.0 Å². The van der Waals surface area contributed by atoms with Crippen molar-refractivity contribution < 1.29 is 13.9 Å². The number of hydrogen-bond donors (Lipinski definition) is 1. The Bertz CT molecular complexity index is 1370. The second-order valence-electron chi connectivity index (χ2n) is 8.26. The summed E-state index contributed by atoms with van der Waals surface area (Å²) in [6, 6.07) is 10.6. The van der Waals surface area contributed by atoms with Gasteiger partial charge in [0.05, 0.1) is 47.4 Å². The minimum atomic E-state index is -0.620. The van der Waals surface area contributed by atoms with E-state index in [1.807, 2.05) is 25.1 Å². The van der Waals surface area contributed by atoms with Crippen LogP contribution in [0.15, 0.2) is 48.9 Å². The van der Waals surface area contributed by atoms with Gasteiger partial charge in [-0.3, -0.25) is 9.20 Å². The zero-order chi connectivity index (χ0) is 21.3. The third-order valence-corrected chi connectivity index (χ3v) is 6.30. The molecular weight excluding hydrogens is 397 g/mol. The van der Waals surface area contributed by atoms with Crippen LogP contribution in [0.2, 0.25) is 0 Å². The van der Waals surface area contributed by atoms with Gasteiger partial charge in [-0.25, -0.2) is 14.4 Å². The molecule has 31 heavy (non-hydrogen) atoms. The first-order chi connectivity index (χ1) is 15.0. The Morgan fingerprint density at radius 3 is 2.97 bits per heavy atom. The van der Waals surface area contributed by atoms with E-state index in [0.717, 1.165) is 12.0 Å². The number of morpholine rings is 1. The number of carbonyl (C=O) groups excluding carboxylic acids is 1. The Morgan fingerprint density at radius 1 is 1.26 bits per heavy atom. The summed E-state index contributed by atoms with van der Waals surface area (Å²) in [5, 5.41) is 0. The Hall–Kier alpha value is -3.52. The molecule has 8 heteroatoms. The summed E-state index contributed by atoms with van der Waals surface area (Å²) in [7, 11) is 0. The number of rotatable bonds is 1. The first-order valence-corrected chi connectivity index (χ1v) is 10.3. The van der Waals surface area contributed by atoms with Crippen molar-refractivity contribution >= 4 is 28.3 Å². The molecule has 2 aromatic heterocycles. The zero-order valence-corrected chi connectivity index (χ0v) is 16.8. The lowest BCUT2D eigenvalue weighted by molar-refractivity contribution is -0.0938. The summed E-state index contributed by atoms with van der Waals surface area (Å²) in [4.78, 5) is 23.8. The molecule has 156 valence electrons. The Balaban J connectivity index is 1.49. The van der Waals surface area contributed by atoms with Gasteiger partial charge in [-0.15, -0.1) is 0 Å². The van der Waals surface area contributed by atoms with E-state index in [9.17, 15) is 4.79 Å². The summed E-state index contributed by atoms with van der Waals surface area (Å²) in [5.74, 6) is -0.715. The van der Waals surface area contributed by atoms with Crippen molar-refractivity contribution in [2.45, 2.75) is 31.6 Å². The smallest absolute Gasteiger partial charge is 0.257 e. The van der Waals surface area contributed by atoms with Crippen LogP contribution >= 0.6 is 0 Å². The number of imidazole rings is 1. The third-order valence-electron chi connectivity index (χ3n) is 6.30. The monoisotopic (exact) mass is 417 g/mol. The van der Waals surface area contributed by atoms with Gasteiger partial charge in [-0.05, 0) is 24.1 Å². The van der Waals surface area contributed by atoms with Crippen LogP contribution in [-0.4, -0.2) is 43.9 Å². The number of amides is 1. The van der Waals surface area contributed by atoms with Crippen LogP contribution in [0.3, 0.4) is 0 Å². The number of nitrogen functional groups attached to an aromatic ring is 1. The van der Waals surface area contributed by atoms with Gasteiger partial charge in [0.1, 0.15) is 17.2 Å². The maximum absolute atomic E-state index is 15.1. The lowest BCUT2D eigenvalue weighted by atomic mass is 10.0. The van der Waals surface area contributed by atoms with Gasteiger partial charge in [0, 0.05) is 19.0 Å². The van der Waals surface area contributed by atoms with E-state index in [0.29, 0.717) is 23.1 Å². The van der Waals surface area contributed by atoms with Crippen molar-refractivity contribution in [1.82, 2.24) is 19.3 Å². The second kappa shape index (κ2) is 6.49. The first kappa shape index (κ1) is 18.3. The fourth-order valence-corrected chi connectivity index (χ4v) is 4.99. The van der Waals surface area contributed by atoms with Crippen molar-refractivity contribution in [3.8, 4) is 0 Å². The molecule has 4 aromatic rings. The summed E-state index contributed by atoms with van der Waals surface area (Å²) in [6.45, 7) is 2.34. The Labute approximate surface area is 177 Å². The topological polar surface area (TPSA) is 85.8 Å². The van der Waals surface area contributed by atoms with Crippen LogP contribution < -0.4 is 5.73 Å². The number of anilines is 1. The molecule has 1 aliphatic heterocycles. The molecule has 1 amide bonds. The highest BCUT2D eigenvalue weighted by molar-refractivity contribution is 5.99. The molecule has 3 heterocycles. The molecule has 2 aromatic carbocycles. The van der Waals surface area contributed by atoms with Crippen LogP contribution in [0.5, 0.6) is 0 Å². The summed E-state index contributed by atoms with van der Waals surface area (Å²) >= 11 is 0. The number of nitrogens with zero attached hydrogens (tertiary/aromatic N) is 4. The highest BCUT2D eigenvalue weighted by Gasteiger charge is 2.44. The minimum absolute atomic E-state index is 0.00584. The quantitative estimate of drug-likeness (QED) is 0.514. The molecule has 0 spiro atoms. The number of benzene rings is 2. The number of nitrogens with two attached hydrogens (primary N) is 1. The molecule has 0 bridgehead atoms. The molecule has 6 rings (SSSR count). The summed E-state index contributed by atoms with van der Waals surface area (Å²) in [5.41, 5.74) is 9.78. The zero-order valence-electron chi connectivity index (χ0n) is 16.8. The number of carbonyl (C=O) groups is 1. The van der Waals surface area contributed by atoms with Crippen LogP contribution in [0.1, 0.15) is 34.5 Å². The van der Waals surface area contributed by atoms with Crippen LogP contribution in [0.4, 0.5) is 10.2 Å². The molecule has 0 unspecified atom stereocenters. The third kappa shape index (κ3) is 2.64. The lowest BCUT2D eigenvalue weighted by Gasteiger charge is -2.41. The normalized spacial score (nSPS) is 22.6. The number of hydrogen-bond acceptors (Lipinski definition) is 5. The maximum atomic E-state index is 15.1. The van der Waals surface area contributed by atoms with Crippen molar-refractivity contribution in [3.63, 3.8) is 0 Å². The average molecular weight is 417 g/mol. The van der Waals surface area contributed by atoms with E-state index in [-0.39, 0.29) is 35.5 Å². The standard InChI is InChI=1S/C23H20FN5O2/c1-12-10-28(21-14-5-3-2-4-13(14)6-20(21)31-12)23(30)15-7-18-17(8-16(15)24)27-22(25)19-9-26-11-29(18)19/h2-5,7-9,11-12,20-21H,6,10H2,1H3,(H2,25,27)/t12-,20+,21-/m0/s1. The Morgan fingerprint density at radius 2 is 2.10 bits per heavy atom. The fraction of sp³-hybridized carbons (Fsp3) is 0.261. The summed E-state index contributed by atoms with van der Waals surface area (Å²) < 4.78 is 23.0. The van der Waals surface area contributed by atoms with E-state index in [1.165, 1.54) is 11.6 Å². The molecule has 2 aliphatic rings. The van der Waals surface area contributed by atoms with Crippen molar-refractivity contribution in [3.05, 3.63) is 71.4 Å². The van der Waals surface area contributed by atoms with Gasteiger partial charge in [0.25, 0.3) is 5.91 Å². The largest absolute Gasteiger partial charge is 0.382 e. The van der Waals surface area contributed by atoms with E-state index >= 15 is 4.39 Å². The van der Waals surface area contributed by atoms with Crippen LogP contribution in [0.25, 0.3) is 16.6 Å². The molecule has 2 N–H and O–H groups in total. The molecule has 1 aliphatic carbocycles. The van der Waals surface area contributed by atoms with E-state index < -0.39 is 5.82 Å². The highest BCUT2D eigenvalue weighted by atomic mass is 19.1. The molecular formula is C23H20FN5O2. The van der Waals surface area contributed by atoms with Gasteiger partial charge in [-0.2, -0.15) is 0 Å². The number of halogens is 1. The average Bonchev–Trinajstić information content (AvgIpc) is 3.37. The molecule has 0 radical (unpaired) electrons. The molecule has 3 atom stereocenters. The Kier molecular flexibility index (Phi) is 3.82. The second-order valence-corrected chi connectivity index (χ2v) is 8.26. The van der Waals surface area contributed by atoms with E-state index in [1.54, 1.807) is 27.9 Å². The lowest BCUT2D eigenvalue weighted by Crippen LogP contribution is -2.50. The summed E-state index contributed by atoms with van der Waals surface area (Å²) in [6.07, 6.45) is 3.66. The van der Waals surface area contributed by atoms with Crippen molar-refractivity contribution in [1.29, 1.82) is 0 Å². The fourth-order valence-electron chi connectivity index (χ4n) is 4.99. The van der Waals surface area contributed by atoms with Gasteiger partial charge >= 0.3 is 0 Å². The highest BCUT2D eigenvalue weighted by Crippen LogP contribution is 2.42. The van der Waals surface area contributed by atoms with Crippen molar-refractivity contribution in [2.24, 2.45) is 0 Å². The van der Waals surface area contributed by atoms with Crippen LogP contribution in [0, 0.1) is 5.82 Å². The van der Waals surface area contributed by atoms with Gasteiger partial charge in [0.2, 0.25) is 0 Å². The molecule has 0 saturated carbocycles. The van der Waals surface area contributed by atoms with Gasteiger partial charge < -0.3 is 15.4 Å².